The van der Waals surface area contributed by atoms with Crippen LogP contribution in [-0.4, -0.2) is 17.3 Å². The van der Waals surface area contributed by atoms with Crippen LogP contribution in [0.15, 0.2) is 0 Å². The first-order valence-electron chi connectivity index (χ1n) is 5.53. The van der Waals surface area contributed by atoms with E-state index in [4.69, 9.17) is 0 Å². The van der Waals surface area contributed by atoms with Crippen molar-refractivity contribution in [2.75, 3.05) is 0 Å². The summed E-state index contributed by atoms with van der Waals surface area (Å²) in [5.41, 5.74) is -1.24. The summed E-state index contributed by atoms with van der Waals surface area (Å²) in [5.74, 6) is -0.0247. The number of Topliss-reactive ketones (excluding diaryl/α,β-unsaturated/α-hetero) is 3. The molecular weight excluding hydrogens is 204 g/mol. The molecule has 16 heavy (non-hydrogen) atoms. The van der Waals surface area contributed by atoms with Crippen molar-refractivity contribution >= 4 is 17.3 Å². The van der Waals surface area contributed by atoms with Crippen LogP contribution in [0, 0.1) is 10.8 Å². The van der Waals surface area contributed by atoms with Gasteiger partial charge in [0.15, 0.2) is 0 Å². The molecule has 0 aromatic rings. The number of hydrogen-bond acceptors (Lipinski definition) is 3. The topological polar surface area (TPSA) is 51.2 Å². The molecule has 0 spiro atoms. The number of hydrogen-bond donors (Lipinski definition) is 0. The Kier molecular flexibility index (Phi) is 4.59. The van der Waals surface area contributed by atoms with Gasteiger partial charge >= 0.3 is 0 Å². The Hall–Kier alpha value is -0.990. The van der Waals surface area contributed by atoms with Crippen LogP contribution < -0.4 is 0 Å². The van der Waals surface area contributed by atoms with Crippen molar-refractivity contribution in [3.63, 3.8) is 0 Å². The molecule has 0 amide bonds. The van der Waals surface area contributed by atoms with Gasteiger partial charge in [-0.1, -0.05) is 27.7 Å². The molecule has 0 bridgehead atoms. The van der Waals surface area contributed by atoms with E-state index in [0.717, 1.165) is 0 Å². The Morgan fingerprint density at radius 2 is 1.00 bits per heavy atom. The molecule has 3 nitrogen and oxygen atoms in total. The molecule has 0 aliphatic heterocycles. The molecule has 0 N–H and O–H groups in total. The third-order valence-electron chi connectivity index (χ3n) is 3.18. The summed E-state index contributed by atoms with van der Waals surface area (Å²) in [6.07, 6.45) is 0.415. The summed E-state index contributed by atoms with van der Waals surface area (Å²) in [5, 5.41) is 0. The lowest BCUT2D eigenvalue weighted by molar-refractivity contribution is -0.134. The zero-order chi connectivity index (χ0) is 13.1. The second kappa shape index (κ2) is 4.89. The highest BCUT2D eigenvalue weighted by Crippen LogP contribution is 2.28. The van der Waals surface area contributed by atoms with E-state index in [1.807, 2.05) is 0 Å². The summed E-state index contributed by atoms with van der Waals surface area (Å²) < 4.78 is 0. The van der Waals surface area contributed by atoms with E-state index >= 15 is 0 Å². The van der Waals surface area contributed by atoms with Gasteiger partial charge in [0.1, 0.15) is 17.3 Å². The highest BCUT2D eigenvalue weighted by molar-refractivity contribution is 5.92. The predicted molar refractivity (Wildman–Crippen MR) is 63.2 cm³/mol. The van der Waals surface area contributed by atoms with Crippen LogP contribution in [0.2, 0.25) is 0 Å². The Bertz CT molecular complexity index is 281. The van der Waals surface area contributed by atoms with Crippen molar-refractivity contribution in [3.8, 4) is 0 Å². The Morgan fingerprint density at radius 1 is 0.750 bits per heavy atom. The van der Waals surface area contributed by atoms with Crippen molar-refractivity contribution in [2.45, 2.75) is 54.4 Å². The third kappa shape index (κ3) is 4.25. The minimum atomic E-state index is -0.621. The highest BCUT2D eigenvalue weighted by atomic mass is 16.1. The largest absolute Gasteiger partial charge is 0.300 e. The van der Waals surface area contributed by atoms with Crippen molar-refractivity contribution < 1.29 is 14.4 Å². The average Bonchev–Trinajstić information content (AvgIpc) is 2.00. The van der Waals surface area contributed by atoms with E-state index in [1.54, 1.807) is 27.7 Å². The zero-order valence-electron chi connectivity index (χ0n) is 11.1. The van der Waals surface area contributed by atoms with Gasteiger partial charge in [-0.05, 0) is 13.8 Å². The van der Waals surface area contributed by atoms with Crippen LogP contribution in [-0.2, 0) is 14.4 Å². The summed E-state index contributed by atoms with van der Waals surface area (Å²) >= 11 is 0. The zero-order valence-corrected chi connectivity index (χ0v) is 11.1. The van der Waals surface area contributed by atoms with Gasteiger partial charge in [0, 0.05) is 23.7 Å². The van der Waals surface area contributed by atoms with Crippen LogP contribution in [0.3, 0.4) is 0 Å². The molecule has 0 aromatic heterocycles. The smallest absolute Gasteiger partial charge is 0.135 e. The lowest BCUT2D eigenvalue weighted by atomic mass is 9.77. The number of carbonyl (C=O) groups is 3. The van der Waals surface area contributed by atoms with Crippen molar-refractivity contribution in [2.24, 2.45) is 10.8 Å². The lowest BCUT2D eigenvalue weighted by Crippen LogP contribution is -2.30. The maximum atomic E-state index is 11.8. The van der Waals surface area contributed by atoms with Gasteiger partial charge in [0.25, 0.3) is 0 Å². The Balaban J connectivity index is 4.52. The van der Waals surface area contributed by atoms with Gasteiger partial charge in [-0.25, -0.2) is 0 Å². The number of ketones is 3. The monoisotopic (exact) mass is 226 g/mol. The molecule has 0 atom stereocenters. The molecule has 0 aliphatic rings. The quantitative estimate of drug-likeness (QED) is 0.699. The standard InChI is InChI=1S/C13H22O3/c1-9(14)12(3,4)7-11(16)8-13(5,6)10(2)15/h7-8H2,1-6H3. The van der Waals surface area contributed by atoms with E-state index in [1.165, 1.54) is 13.8 Å². The molecule has 0 aliphatic carbocycles. The van der Waals surface area contributed by atoms with Gasteiger partial charge in [0.05, 0.1) is 0 Å². The maximum Gasteiger partial charge on any atom is 0.135 e. The van der Waals surface area contributed by atoms with Crippen molar-refractivity contribution in [1.29, 1.82) is 0 Å². The minimum Gasteiger partial charge on any atom is -0.300 e. The normalized spacial score (nSPS) is 12.4. The molecule has 0 fully saturated rings. The molecule has 3 heteroatoms. The van der Waals surface area contributed by atoms with Gasteiger partial charge in [0.2, 0.25) is 0 Å². The summed E-state index contributed by atoms with van der Waals surface area (Å²) in [7, 11) is 0. The van der Waals surface area contributed by atoms with E-state index in [2.05, 4.69) is 0 Å². The number of carbonyl (C=O) groups excluding carboxylic acids is 3. The third-order valence-corrected chi connectivity index (χ3v) is 3.18. The molecular formula is C13H22O3. The van der Waals surface area contributed by atoms with E-state index in [9.17, 15) is 14.4 Å². The van der Waals surface area contributed by atoms with Crippen molar-refractivity contribution in [1.82, 2.24) is 0 Å². The van der Waals surface area contributed by atoms with Crippen LogP contribution >= 0.6 is 0 Å². The van der Waals surface area contributed by atoms with E-state index < -0.39 is 10.8 Å². The first-order chi connectivity index (χ1) is 6.99. The second-order valence-electron chi connectivity index (χ2n) is 5.77. The van der Waals surface area contributed by atoms with Crippen LogP contribution in [0.1, 0.15) is 54.4 Å². The molecule has 0 aromatic carbocycles. The number of rotatable bonds is 6. The fraction of sp³-hybridized carbons (Fsp3) is 0.769. The van der Waals surface area contributed by atoms with Crippen LogP contribution in [0.25, 0.3) is 0 Å². The fourth-order valence-electron chi connectivity index (χ4n) is 1.30. The first-order valence-corrected chi connectivity index (χ1v) is 5.53. The SMILES string of the molecule is CC(=O)C(C)(C)CC(=O)CC(C)(C)C(C)=O. The van der Waals surface area contributed by atoms with E-state index in [0.29, 0.717) is 0 Å². The summed E-state index contributed by atoms with van der Waals surface area (Å²) in [6.45, 7) is 10.0. The predicted octanol–water partition coefficient (Wildman–Crippen LogP) is 2.57. The fourth-order valence-corrected chi connectivity index (χ4v) is 1.30. The molecule has 0 saturated heterocycles. The van der Waals surface area contributed by atoms with Crippen LogP contribution in [0.5, 0.6) is 0 Å². The second-order valence-corrected chi connectivity index (χ2v) is 5.77. The molecule has 0 unspecified atom stereocenters. The molecule has 0 radical (unpaired) electrons. The summed E-state index contributed by atoms with van der Waals surface area (Å²) in [6, 6.07) is 0. The Labute approximate surface area is 97.6 Å². The van der Waals surface area contributed by atoms with Crippen LogP contribution in [0.4, 0.5) is 0 Å². The van der Waals surface area contributed by atoms with Gasteiger partial charge in [-0.15, -0.1) is 0 Å². The summed E-state index contributed by atoms with van der Waals surface area (Å²) in [4.78, 5) is 34.3. The van der Waals surface area contributed by atoms with E-state index in [-0.39, 0.29) is 30.2 Å². The maximum absolute atomic E-state index is 11.8. The average molecular weight is 226 g/mol. The molecule has 92 valence electrons. The van der Waals surface area contributed by atoms with Crippen molar-refractivity contribution in [3.05, 3.63) is 0 Å². The minimum absolute atomic E-state index is 0.00137. The first kappa shape index (κ1) is 15.0. The Morgan fingerprint density at radius 3 is 1.19 bits per heavy atom. The van der Waals surface area contributed by atoms with Gasteiger partial charge in [-0.3, -0.25) is 14.4 Å². The van der Waals surface area contributed by atoms with Gasteiger partial charge < -0.3 is 0 Å². The molecule has 0 heterocycles. The highest BCUT2D eigenvalue weighted by Gasteiger charge is 2.32. The van der Waals surface area contributed by atoms with Gasteiger partial charge in [-0.2, -0.15) is 0 Å². The molecule has 0 rings (SSSR count). The molecule has 0 saturated carbocycles. The lowest BCUT2D eigenvalue weighted by Gasteiger charge is -2.24.